The van der Waals surface area contributed by atoms with E-state index in [2.05, 4.69) is 4.90 Å². The number of nitrogens with zero attached hydrogens (tertiary/aromatic N) is 3. The topological polar surface area (TPSA) is 72.0 Å². The minimum absolute atomic E-state index is 0.142. The van der Waals surface area contributed by atoms with E-state index in [9.17, 15) is 8.42 Å². The second-order valence-electron chi connectivity index (χ2n) is 7.08. The van der Waals surface area contributed by atoms with Crippen LogP contribution in [0, 0.1) is 0 Å². The van der Waals surface area contributed by atoms with Gasteiger partial charge in [0.15, 0.2) is 5.13 Å². The van der Waals surface area contributed by atoms with Crippen LogP contribution in [0.25, 0.3) is 11.3 Å². The SMILES string of the molecule is COc1cc(OC)cc(-c2csc(N3CCN(S(=O)(=O)c4ccc(Cl)c(Cl)c4)CC3)n2)c1. The number of hydrogen-bond acceptors (Lipinski definition) is 7. The van der Waals surface area contributed by atoms with E-state index in [1.165, 1.54) is 33.8 Å². The molecule has 0 N–H and O–H groups in total. The smallest absolute Gasteiger partial charge is 0.243 e. The van der Waals surface area contributed by atoms with Gasteiger partial charge in [-0.1, -0.05) is 23.2 Å². The fraction of sp³-hybridized carbons (Fsp3) is 0.286. The molecule has 1 aliphatic heterocycles. The first-order valence-electron chi connectivity index (χ1n) is 9.71. The first-order valence-corrected chi connectivity index (χ1v) is 12.8. The number of aromatic nitrogens is 1. The molecule has 3 aromatic rings. The predicted molar refractivity (Wildman–Crippen MR) is 128 cm³/mol. The molecule has 0 atom stereocenters. The van der Waals surface area contributed by atoms with Gasteiger partial charge in [-0.25, -0.2) is 13.4 Å². The van der Waals surface area contributed by atoms with Gasteiger partial charge in [0, 0.05) is 43.2 Å². The van der Waals surface area contributed by atoms with Crippen molar-refractivity contribution in [2.45, 2.75) is 4.90 Å². The van der Waals surface area contributed by atoms with Gasteiger partial charge in [0.05, 0.1) is 34.9 Å². The number of anilines is 1. The minimum Gasteiger partial charge on any atom is -0.497 e. The van der Waals surface area contributed by atoms with Crippen molar-refractivity contribution in [3.05, 3.63) is 51.8 Å². The second kappa shape index (κ2) is 9.44. The molecular weight excluding hydrogens is 493 g/mol. The predicted octanol–water partition coefficient (Wildman–Crippen LogP) is 4.65. The normalized spacial score (nSPS) is 15.1. The number of halogens is 2. The standard InChI is InChI=1S/C21H21Cl2N3O4S2/c1-29-15-9-14(10-16(11-15)30-2)20-13-31-21(24-20)25-5-7-26(8-6-25)32(27,28)17-3-4-18(22)19(23)12-17/h3-4,9-13H,5-8H2,1-2H3. The van der Waals surface area contributed by atoms with E-state index >= 15 is 0 Å². The fourth-order valence-corrected chi connectivity index (χ4v) is 6.10. The summed E-state index contributed by atoms with van der Waals surface area (Å²) in [5.74, 6) is 1.38. The lowest BCUT2D eigenvalue weighted by Gasteiger charge is -2.33. The van der Waals surface area contributed by atoms with Crippen LogP contribution in [-0.4, -0.2) is 58.1 Å². The van der Waals surface area contributed by atoms with Crippen LogP contribution in [0.5, 0.6) is 11.5 Å². The maximum Gasteiger partial charge on any atom is 0.243 e. The van der Waals surface area contributed by atoms with E-state index in [1.54, 1.807) is 14.2 Å². The molecule has 32 heavy (non-hydrogen) atoms. The van der Waals surface area contributed by atoms with E-state index < -0.39 is 10.0 Å². The maximum atomic E-state index is 13.0. The van der Waals surface area contributed by atoms with E-state index in [-0.39, 0.29) is 9.92 Å². The number of sulfonamides is 1. The summed E-state index contributed by atoms with van der Waals surface area (Å²) in [6, 6.07) is 9.99. The molecule has 170 valence electrons. The highest BCUT2D eigenvalue weighted by Crippen LogP contribution is 2.33. The van der Waals surface area contributed by atoms with Gasteiger partial charge in [-0.15, -0.1) is 11.3 Å². The van der Waals surface area contributed by atoms with Crippen LogP contribution in [0.3, 0.4) is 0 Å². The lowest BCUT2D eigenvalue weighted by atomic mass is 10.1. The van der Waals surface area contributed by atoms with Crippen molar-refractivity contribution >= 4 is 49.7 Å². The molecule has 2 heterocycles. The van der Waals surface area contributed by atoms with Gasteiger partial charge in [0.25, 0.3) is 0 Å². The zero-order valence-corrected chi connectivity index (χ0v) is 20.6. The number of methoxy groups -OCH3 is 2. The number of piperazine rings is 1. The van der Waals surface area contributed by atoms with E-state index in [0.29, 0.717) is 42.7 Å². The highest BCUT2D eigenvalue weighted by atomic mass is 35.5. The Kier molecular flexibility index (Phi) is 6.83. The first kappa shape index (κ1) is 23.1. The Balaban J connectivity index is 1.47. The van der Waals surface area contributed by atoms with Crippen molar-refractivity contribution in [3.8, 4) is 22.8 Å². The first-order chi connectivity index (χ1) is 15.3. The lowest BCUT2D eigenvalue weighted by molar-refractivity contribution is 0.385. The van der Waals surface area contributed by atoms with Crippen molar-refractivity contribution in [1.82, 2.24) is 9.29 Å². The maximum absolute atomic E-state index is 13.0. The van der Waals surface area contributed by atoms with Gasteiger partial charge in [-0.2, -0.15) is 4.31 Å². The van der Waals surface area contributed by atoms with Crippen molar-refractivity contribution in [1.29, 1.82) is 0 Å². The molecule has 1 fully saturated rings. The van der Waals surface area contributed by atoms with Crippen LogP contribution in [0.2, 0.25) is 10.0 Å². The second-order valence-corrected chi connectivity index (χ2v) is 10.7. The number of ether oxygens (including phenoxy) is 2. The van der Waals surface area contributed by atoms with Crippen LogP contribution >= 0.6 is 34.5 Å². The van der Waals surface area contributed by atoms with E-state index in [0.717, 1.165) is 16.4 Å². The summed E-state index contributed by atoms with van der Waals surface area (Å²) in [4.78, 5) is 6.99. The molecule has 7 nitrogen and oxygen atoms in total. The molecule has 0 radical (unpaired) electrons. The van der Waals surface area contributed by atoms with Gasteiger partial charge < -0.3 is 14.4 Å². The summed E-state index contributed by atoms with van der Waals surface area (Å²) in [5, 5.41) is 3.36. The Hall–Kier alpha value is -2.04. The summed E-state index contributed by atoms with van der Waals surface area (Å²) < 4.78 is 38.1. The summed E-state index contributed by atoms with van der Waals surface area (Å²) in [7, 11) is -0.426. The van der Waals surface area contributed by atoms with Crippen LogP contribution in [0.4, 0.5) is 5.13 Å². The van der Waals surface area contributed by atoms with E-state index in [1.807, 2.05) is 23.6 Å². The molecule has 1 aromatic heterocycles. The van der Waals surface area contributed by atoms with E-state index in [4.69, 9.17) is 37.7 Å². The molecule has 1 saturated heterocycles. The van der Waals surface area contributed by atoms with Crippen LogP contribution in [-0.2, 0) is 10.0 Å². The average Bonchev–Trinajstić information content (AvgIpc) is 3.31. The summed E-state index contributed by atoms with van der Waals surface area (Å²) in [6.07, 6.45) is 0. The summed E-state index contributed by atoms with van der Waals surface area (Å²) in [6.45, 7) is 1.78. The number of rotatable bonds is 6. The molecule has 1 aliphatic rings. The molecule has 2 aromatic carbocycles. The van der Waals surface area contributed by atoms with Gasteiger partial charge in [-0.05, 0) is 30.3 Å². The largest absolute Gasteiger partial charge is 0.497 e. The summed E-state index contributed by atoms with van der Waals surface area (Å²) in [5.41, 5.74) is 1.71. The molecule has 0 bridgehead atoms. The van der Waals surface area contributed by atoms with Crippen molar-refractivity contribution in [2.24, 2.45) is 0 Å². The zero-order valence-electron chi connectivity index (χ0n) is 17.4. The zero-order chi connectivity index (χ0) is 22.9. The van der Waals surface area contributed by atoms with Crippen LogP contribution < -0.4 is 14.4 Å². The Bertz CT molecular complexity index is 1200. The third-order valence-corrected chi connectivity index (χ3v) is 8.71. The van der Waals surface area contributed by atoms with Crippen LogP contribution in [0.1, 0.15) is 0 Å². The number of hydrogen-bond donors (Lipinski definition) is 0. The highest BCUT2D eigenvalue weighted by molar-refractivity contribution is 7.89. The van der Waals surface area contributed by atoms with Gasteiger partial charge in [-0.3, -0.25) is 0 Å². The van der Waals surface area contributed by atoms with Gasteiger partial charge >= 0.3 is 0 Å². The molecule has 0 aliphatic carbocycles. The molecular formula is C21H21Cl2N3O4S2. The van der Waals surface area contributed by atoms with Crippen molar-refractivity contribution in [3.63, 3.8) is 0 Å². The molecule has 0 spiro atoms. The lowest BCUT2D eigenvalue weighted by Crippen LogP contribution is -2.48. The number of thiazole rings is 1. The quantitative estimate of drug-likeness (QED) is 0.477. The molecule has 0 amide bonds. The molecule has 0 unspecified atom stereocenters. The Morgan fingerprint density at radius 2 is 1.59 bits per heavy atom. The fourth-order valence-electron chi connectivity index (χ4n) is 3.40. The molecule has 11 heteroatoms. The third-order valence-electron chi connectivity index (χ3n) is 5.18. The van der Waals surface area contributed by atoms with Gasteiger partial charge in [0.2, 0.25) is 10.0 Å². The summed E-state index contributed by atoms with van der Waals surface area (Å²) >= 11 is 13.4. The Labute approximate surface area is 201 Å². The average molecular weight is 514 g/mol. The van der Waals surface area contributed by atoms with Crippen molar-refractivity contribution < 1.29 is 17.9 Å². The minimum atomic E-state index is -3.64. The monoisotopic (exact) mass is 513 g/mol. The Morgan fingerprint density at radius 1 is 0.938 bits per heavy atom. The molecule has 4 rings (SSSR count). The number of benzene rings is 2. The highest BCUT2D eigenvalue weighted by Gasteiger charge is 2.30. The van der Waals surface area contributed by atoms with Crippen molar-refractivity contribution in [2.75, 3.05) is 45.3 Å². The molecule has 0 saturated carbocycles. The van der Waals surface area contributed by atoms with Crippen LogP contribution in [0.15, 0.2) is 46.7 Å². The Morgan fingerprint density at radius 3 is 2.19 bits per heavy atom. The third kappa shape index (κ3) is 4.67. The van der Waals surface area contributed by atoms with Gasteiger partial charge in [0.1, 0.15) is 11.5 Å².